The van der Waals surface area contributed by atoms with Crippen LogP contribution in [0.4, 0.5) is 13.6 Å². The smallest absolute Gasteiger partial charge is 0.407 e. The summed E-state index contributed by atoms with van der Waals surface area (Å²) in [6.45, 7) is 0.288. The summed E-state index contributed by atoms with van der Waals surface area (Å²) in [7, 11) is 0. The fraction of sp³-hybridized carbons (Fsp3) is 0.150. The molecule has 148 valence electrons. The molecule has 29 heavy (non-hydrogen) atoms. The Morgan fingerprint density at radius 3 is 2.93 bits per heavy atom. The van der Waals surface area contributed by atoms with E-state index in [0.717, 1.165) is 33.3 Å². The molecule has 0 saturated carbocycles. The van der Waals surface area contributed by atoms with E-state index in [4.69, 9.17) is 4.74 Å². The maximum absolute atomic E-state index is 13.8. The summed E-state index contributed by atoms with van der Waals surface area (Å²) < 4.78 is 33.0. The molecule has 2 aromatic heterocycles. The maximum atomic E-state index is 13.8. The van der Waals surface area contributed by atoms with Gasteiger partial charge in [-0.1, -0.05) is 23.4 Å². The van der Waals surface area contributed by atoms with E-state index in [0.29, 0.717) is 18.7 Å². The molecule has 0 atom stereocenters. The highest BCUT2D eigenvalue weighted by atomic mass is 19.1. The Morgan fingerprint density at radius 2 is 2.07 bits per heavy atom. The molecule has 0 bridgehead atoms. The van der Waals surface area contributed by atoms with Crippen molar-refractivity contribution in [2.24, 2.45) is 0 Å². The van der Waals surface area contributed by atoms with Gasteiger partial charge in [0.2, 0.25) is 0 Å². The average molecular weight is 397 g/mol. The van der Waals surface area contributed by atoms with Crippen LogP contribution in [0.2, 0.25) is 0 Å². The zero-order chi connectivity index (χ0) is 20.2. The van der Waals surface area contributed by atoms with E-state index < -0.39 is 17.7 Å². The van der Waals surface area contributed by atoms with Gasteiger partial charge >= 0.3 is 6.09 Å². The summed E-state index contributed by atoms with van der Waals surface area (Å²) in [5, 5.41) is 11.4. The number of ether oxygens (including phenoxy) is 1. The van der Waals surface area contributed by atoms with Crippen molar-refractivity contribution in [3.05, 3.63) is 77.8 Å². The number of rotatable bonds is 6. The first-order chi connectivity index (χ1) is 14.1. The number of carbonyl (C=O) groups excluding carboxylic acids is 1. The van der Waals surface area contributed by atoms with Crippen LogP contribution in [-0.2, 0) is 17.8 Å². The Morgan fingerprint density at radius 1 is 1.21 bits per heavy atom. The number of benzene rings is 2. The Kier molecular flexibility index (Phi) is 5.19. The van der Waals surface area contributed by atoms with Gasteiger partial charge in [0.15, 0.2) is 5.82 Å². The lowest BCUT2D eigenvalue weighted by atomic mass is 10.1. The Labute approximate surface area is 164 Å². The number of alkyl carbamates (subject to hydrolysis) is 1. The van der Waals surface area contributed by atoms with Crippen LogP contribution in [0, 0.1) is 11.6 Å². The summed E-state index contributed by atoms with van der Waals surface area (Å²) >= 11 is 0. The zero-order valence-corrected chi connectivity index (χ0v) is 15.2. The topological polar surface area (TPSA) is 84.8 Å². The quantitative estimate of drug-likeness (QED) is 0.522. The Bertz CT molecular complexity index is 1150. The van der Waals surface area contributed by atoms with Crippen LogP contribution in [0.25, 0.3) is 16.6 Å². The van der Waals surface area contributed by atoms with Crippen LogP contribution in [0.15, 0.2) is 54.9 Å². The number of H-pyrrole nitrogens is 1. The summed E-state index contributed by atoms with van der Waals surface area (Å²) in [5.41, 5.74) is 2.53. The Balaban J connectivity index is 1.27. The van der Waals surface area contributed by atoms with Gasteiger partial charge in [-0.25, -0.2) is 18.3 Å². The fourth-order valence-electron chi connectivity index (χ4n) is 2.98. The lowest BCUT2D eigenvalue weighted by Crippen LogP contribution is -2.26. The average Bonchev–Trinajstić information content (AvgIpc) is 3.34. The number of hydrogen-bond donors (Lipinski definition) is 2. The number of para-hydroxylation sites is 1. The first-order valence-corrected chi connectivity index (χ1v) is 8.92. The second-order valence-electron chi connectivity index (χ2n) is 6.36. The number of halogens is 2. The zero-order valence-electron chi connectivity index (χ0n) is 15.2. The van der Waals surface area contributed by atoms with Gasteiger partial charge in [-0.15, -0.1) is 5.10 Å². The van der Waals surface area contributed by atoms with Crippen molar-refractivity contribution in [3.63, 3.8) is 0 Å². The molecule has 0 radical (unpaired) electrons. The number of aromatic nitrogens is 4. The lowest BCUT2D eigenvalue weighted by Gasteiger charge is -2.05. The Hall–Kier alpha value is -3.75. The van der Waals surface area contributed by atoms with Gasteiger partial charge in [-0.2, -0.15) is 0 Å². The summed E-state index contributed by atoms with van der Waals surface area (Å²) in [5.74, 6) is -1.45. The molecular weight excluding hydrogens is 380 g/mol. The molecule has 2 heterocycles. The van der Waals surface area contributed by atoms with E-state index in [1.807, 2.05) is 30.5 Å². The molecule has 4 aromatic rings. The lowest BCUT2D eigenvalue weighted by molar-refractivity contribution is 0.138. The number of nitrogens with one attached hydrogen (secondary N) is 2. The molecule has 0 aliphatic heterocycles. The van der Waals surface area contributed by atoms with Gasteiger partial charge in [0, 0.05) is 29.7 Å². The maximum Gasteiger partial charge on any atom is 0.407 e. The molecule has 4 rings (SSSR count). The van der Waals surface area contributed by atoms with Crippen molar-refractivity contribution in [1.29, 1.82) is 0 Å². The van der Waals surface area contributed by atoms with Crippen LogP contribution in [0.5, 0.6) is 0 Å². The highest BCUT2D eigenvalue weighted by Crippen LogP contribution is 2.17. The second kappa shape index (κ2) is 8.09. The second-order valence-corrected chi connectivity index (χ2v) is 6.36. The van der Waals surface area contributed by atoms with E-state index in [9.17, 15) is 13.6 Å². The molecular formula is C20H17F2N5O2. The highest BCUT2D eigenvalue weighted by Gasteiger charge is 2.11. The third kappa shape index (κ3) is 4.23. The molecule has 1 amide bonds. The molecule has 0 saturated heterocycles. The van der Waals surface area contributed by atoms with E-state index in [1.54, 1.807) is 0 Å². The van der Waals surface area contributed by atoms with Gasteiger partial charge < -0.3 is 15.0 Å². The summed E-state index contributed by atoms with van der Waals surface area (Å²) in [4.78, 5) is 15.1. The highest BCUT2D eigenvalue weighted by molar-refractivity contribution is 5.83. The number of nitrogens with zero attached hydrogens (tertiary/aromatic N) is 3. The van der Waals surface area contributed by atoms with Crippen molar-refractivity contribution >= 4 is 17.0 Å². The number of amides is 1. The molecule has 7 nitrogen and oxygen atoms in total. The van der Waals surface area contributed by atoms with Crippen molar-refractivity contribution in [3.8, 4) is 5.69 Å². The van der Waals surface area contributed by atoms with E-state index in [-0.39, 0.29) is 12.3 Å². The first-order valence-electron chi connectivity index (χ1n) is 8.92. The normalized spacial score (nSPS) is 11.0. The van der Waals surface area contributed by atoms with Gasteiger partial charge in [0.25, 0.3) is 0 Å². The van der Waals surface area contributed by atoms with Crippen molar-refractivity contribution in [2.75, 3.05) is 6.54 Å². The monoisotopic (exact) mass is 397 g/mol. The van der Waals surface area contributed by atoms with Crippen molar-refractivity contribution in [2.45, 2.75) is 13.0 Å². The van der Waals surface area contributed by atoms with Crippen molar-refractivity contribution < 1.29 is 18.3 Å². The van der Waals surface area contributed by atoms with Crippen LogP contribution in [0.1, 0.15) is 11.3 Å². The third-order valence-corrected chi connectivity index (χ3v) is 4.39. The SMILES string of the molecule is O=C(NCCc1c[nH]c2ccccc12)OCc1cn(-c2ccc(F)cc2F)nn1. The van der Waals surface area contributed by atoms with Gasteiger partial charge in [-0.3, -0.25) is 0 Å². The van der Waals surface area contributed by atoms with Crippen LogP contribution >= 0.6 is 0 Å². The molecule has 2 aromatic carbocycles. The van der Waals surface area contributed by atoms with Gasteiger partial charge in [0.05, 0.1) is 6.20 Å². The third-order valence-electron chi connectivity index (χ3n) is 4.39. The van der Waals surface area contributed by atoms with Gasteiger partial charge in [0.1, 0.15) is 23.8 Å². The van der Waals surface area contributed by atoms with E-state index >= 15 is 0 Å². The van der Waals surface area contributed by atoms with Crippen LogP contribution < -0.4 is 5.32 Å². The minimum atomic E-state index is -0.766. The molecule has 0 unspecified atom stereocenters. The minimum Gasteiger partial charge on any atom is -0.443 e. The largest absolute Gasteiger partial charge is 0.443 e. The summed E-state index contributed by atoms with van der Waals surface area (Å²) in [6.07, 6.45) is 3.39. The van der Waals surface area contributed by atoms with Crippen LogP contribution in [0.3, 0.4) is 0 Å². The first kappa shape index (κ1) is 18.6. The predicted molar refractivity (Wildman–Crippen MR) is 101 cm³/mol. The molecule has 0 aliphatic carbocycles. The fourth-order valence-corrected chi connectivity index (χ4v) is 2.98. The number of aromatic amines is 1. The molecule has 9 heteroatoms. The van der Waals surface area contributed by atoms with E-state index in [1.165, 1.54) is 12.3 Å². The van der Waals surface area contributed by atoms with Gasteiger partial charge in [-0.05, 0) is 30.2 Å². The molecule has 0 spiro atoms. The molecule has 0 aliphatic rings. The molecule has 2 N–H and O–H groups in total. The summed E-state index contributed by atoms with van der Waals surface area (Å²) in [6, 6.07) is 11.1. The minimum absolute atomic E-state index is 0.0494. The van der Waals surface area contributed by atoms with Crippen LogP contribution in [-0.4, -0.2) is 32.6 Å². The van der Waals surface area contributed by atoms with E-state index in [2.05, 4.69) is 20.6 Å². The standard InChI is InChI=1S/C20H17F2N5O2/c21-14-5-6-19(17(22)9-14)27-11-15(25-26-27)12-29-20(28)23-8-7-13-10-24-18-4-2-1-3-16(13)18/h1-6,9-11,24H,7-8,12H2,(H,23,28). The number of hydrogen-bond acceptors (Lipinski definition) is 4. The number of fused-ring (bicyclic) bond motifs is 1. The molecule has 0 fully saturated rings. The predicted octanol–water partition coefficient (Wildman–Crippen LogP) is 3.50. The van der Waals surface area contributed by atoms with Crippen molar-refractivity contribution in [1.82, 2.24) is 25.3 Å². The number of carbonyl (C=O) groups is 1.